The molecular weight excluding hydrogens is 200 g/mol. The van der Waals surface area contributed by atoms with Crippen molar-refractivity contribution >= 4 is 0 Å². The van der Waals surface area contributed by atoms with Crippen LogP contribution in [0.2, 0.25) is 0 Å². The normalized spacial score (nSPS) is 23.0. The Bertz CT molecular complexity index is 398. The summed E-state index contributed by atoms with van der Waals surface area (Å²) >= 11 is 0. The molecule has 1 aromatic rings. The second kappa shape index (κ2) is 3.89. The first kappa shape index (κ1) is 9.82. The van der Waals surface area contributed by atoms with E-state index >= 15 is 0 Å². The van der Waals surface area contributed by atoms with Gasteiger partial charge >= 0.3 is 0 Å². The highest BCUT2D eigenvalue weighted by atomic mass is 16.7. The third-order valence-electron chi connectivity index (χ3n) is 3.05. The van der Waals surface area contributed by atoms with Gasteiger partial charge in [-0.05, 0) is 0 Å². The predicted octanol–water partition coefficient (Wildman–Crippen LogP) is 2.84. The fourth-order valence-electron chi connectivity index (χ4n) is 2.10. The average molecular weight is 214 g/mol. The van der Waals surface area contributed by atoms with Gasteiger partial charge in [0.25, 0.3) is 0 Å². The molecule has 1 aliphatic carbocycles. The van der Waals surface area contributed by atoms with Gasteiger partial charge < -0.3 is 9.47 Å². The minimum absolute atomic E-state index is 0.0225. The zero-order valence-electron chi connectivity index (χ0n) is 9.00. The Labute approximate surface area is 95.2 Å². The van der Waals surface area contributed by atoms with Crippen LogP contribution in [0.3, 0.4) is 0 Å². The van der Waals surface area contributed by atoms with Gasteiger partial charge in [0, 0.05) is 5.56 Å². The van der Waals surface area contributed by atoms with E-state index < -0.39 is 0 Å². The van der Waals surface area contributed by atoms with E-state index in [4.69, 9.17) is 9.47 Å². The first-order valence-corrected chi connectivity index (χ1v) is 5.53. The fourth-order valence-corrected chi connectivity index (χ4v) is 2.10. The maximum atomic E-state index is 5.78. The zero-order valence-corrected chi connectivity index (χ0v) is 9.00. The standard InChI is InChI=1S/C14H14O2/c1-2-6-12(7-3-1)13-15-10-14(11-16-13)8-4-5-9-14/h1-9,13H,10-11H2. The van der Waals surface area contributed by atoms with Crippen molar-refractivity contribution < 1.29 is 9.47 Å². The molecule has 0 unspecified atom stereocenters. The van der Waals surface area contributed by atoms with Gasteiger partial charge in [-0.15, -0.1) is 0 Å². The minimum Gasteiger partial charge on any atom is -0.347 e. The van der Waals surface area contributed by atoms with Crippen LogP contribution < -0.4 is 0 Å². The van der Waals surface area contributed by atoms with Crippen LogP contribution in [-0.4, -0.2) is 13.2 Å². The molecule has 1 heterocycles. The Balaban J connectivity index is 1.71. The highest BCUT2D eigenvalue weighted by Crippen LogP contribution is 2.35. The third kappa shape index (κ3) is 1.70. The summed E-state index contributed by atoms with van der Waals surface area (Å²) in [7, 11) is 0. The topological polar surface area (TPSA) is 18.5 Å². The van der Waals surface area contributed by atoms with Gasteiger partial charge in [-0.1, -0.05) is 54.6 Å². The van der Waals surface area contributed by atoms with Gasteiger partial charge in [0.1, 0.15) is 0 Å². The smallest absolute Gasteiger partial charge is 0.183 e. The van der Waals surface area contributed by atoms with Crippen molar-refractivity contribution in [2.75, 3.05) is 13.2 Å². The molecule has 1 aromatic carbocycles. The van der Waals surface area contributed by atoms with Gasteiger partial charge in [-0.2, -0.15) is 0 Å². The van der Waals surface area contributed by atoms with Crippen LogP contribution in [0.1, 0.15) is 11.9 Å². The third-order valence-corrected chi connectivity index (χ3v) is 3.05. The van der Waals surface area contributed by atoms with Crippen LogP contribution in [0.15, 0.2) is 54.6 Å². The summed E-state index contributed by atoms with van der Waals surface area (Å²) < 4.78 is 11.6. The molecule has 0 bridgehead atoms. The molecule has 0 radical (unpaired) electrons. The van der Waals surface area contributed by atoms with E-state index in [2.05, 4.69) is 24.3 Å². The largest absolute Gasteiger partial charge is 0.347 e. The van der Waals surface area contributed by atoms with Gasteiger partial charge in [0.05, 0.1) is 18.6 Å². The lowest BCUT2D eigenvalue weighted by atomic mass is 9.91. The molecule has 2 heteroatoms. The molecule has 0 amide bonds. The van der Waals surface area contributed by atoms with Crippen molar-refractivity contribution in [3.05, 3.63) is 60.2 Å². The number of allylic oxidation sites excluding steroid dienone is 2. The number of ether oxygens (including phenoxy) is 2. The SMILES string of the molecule is C1=CC2(C=C1)COC(c1ccccc1)OC2. The van der Waals surface area contributed by atoms with Crippen LogP contribution in [0.25, 0.3) is 0 Å². The molecule has 0 saturated carbocycles. The molecule has 16 heavy (non-hydrogen) atoms. The average Bonchev–Trinajstić information content (AvgIpc) is 2.80. The van der Waals surface area contributed by atoms with Crippen LogP contribution in [0.4, 0.5) is 0 Å². The number of hydrogen-bond donors (Lipinski definition) is 0. The summed E-state index contributed by atoms with van der Waals surface area (Å²) in [6, 6.07) is 10.1. The quantitative estimate of drug-likeness (QED) is 0.715. The Kier molecular flexibility index (Phi) is 2.39. The van der Waals surface area contributed by atoms with E-state index in [1.54, 1.807) is 0 Å². The van der Waals surface area contributed by atoms with Crippen molar-refractivity contribution in [2.24, 2.45) is 5.41 Å². The zero-order chi connectivity index (χ0) is 10.8. The van der Waals surface area contributed by atoms with E-state index in [9.17, 15) is 0 Å². The molecule has 1 fully saturated rings. The monoisotopic (exact) mass is 214 g/mol. The maximum absolute atomic E-state index is 5.78. The molecule has 1 aliphatic heterocycles. The Hall–Kier alpha value is -1.38. The number of rotatable bonds is 1. The number of benzene rings is 1. The molecule has 2 aliphatic rings. The molecule has 0 atom stereocenters. The van der Waals surface area contributed by atoms with Gasteiger partial charge in [-0.3, -0.25) is 0 Å². The Morgan fingerprint density at radius 2 is 1.56 bits per heavy atom. The van der Waals surface area contributed by atoms with Gasteiger partial charge in [0.2, 0.25) is 0 Å². The first-order chi connectivity index (χ1) is 7.88. The lowest BCUT2D eigenvalue weighted by Gasteiger charge is -2.35. The molecular formula is C14H14O2. The van der Waals surface area contributed by atoms with Crippen LogP contribution in [0.5, 0.6) is 0 Å². The summed E-state index contributed by atoms with van der Waals surface area (Å²) in [5.41, 5.74) is 1.06. The van der Waals surface area contributed by atoms with E-state index in [0.717, 1.165) is 5.56 Å². The second-order valence-electron chi connectivity index (χ2n) is 4.32. The minimum atomic E-state index is -0.214. The Morgan fingerprint density at radius 3 is 2.19 bits per heavy atom. The lowest BCUT2D eigenvalue weighted by Crippen LogP contribution is -2.34. The van der Waals surface area contributed by atoms with Gasteiger partial charge in [0.15, 0.2) is 6.29 Å². The van der Waals surface area contributed by atoms with Crippen LogP contribution in [0, 0.1) is 5.41 Å². The highest BCUT2D eigenvalue weighted by Gasteiger charge is 2.34. The second-order valence-corrected chi connectivity index (χ2v) is 4.32. The molecule has 0 aromatic heterocycles. The molecule has 1 saturated heterocycles. The van der Waals surface area contributed by atoms with Crippen LogP contribution >= 0.6 is 0 Å². The van der Waals surface area contributed by atoms with E-state index in [1.165, 1.54) is 0 Å². The summed E-state index contributed by atoms with van der Waals surface area (Å²) in [6.45, 7) is 1.39. The predicted molar refractivity (Wildman–Crippen MR) is 61.8 cm³/mol. The first-order valence-electron chi connectivity index (χ1n) is 5.53. The molecule has 3 rings (SSSR count). The summed E-state index contributed by atoms with van der Waals surface area (Å²) in [5, 5.41) is 0. The fraction of sp³-hybridized carbons (Fsp3) is 0.286. The van der Waals surface area contributed by atoms with Crippen molar-refractivity contribution in [2.45, 2.75) is 6.29 Å². The Morgan fingerprint density at radius 1 is 0.938 bits per heavy atom. The van der Waals surface area contributed by atoms with E-state index in [1.807, 2.05) is 30.3 Å². The molecule has 82 valence electrons. The maximum Gasteiger partial charge on any atom is 0.183 e. The van der Waals surface area contributed by atoms with E-state index in [-0.39, 0.29) is 11.7 Å². The summed E-state index contributed by atoms with van der Waals surface area (Å²) in [4.78, 5) is 0. The van der Waals surface area contributed by atoms with Crippen molar-refractivity contribution in [1.29, 1.82) is 0 Å². The molecule has 0 N–H and O–H groups in total. The highest BCUT2D eigenvalue weighted by molar-refractivity contribution is 5.26. The number of hydrogen-bond acceptors (Lipinski definition) is 2. The van der Waals surface area contributed by atoms with Crippen LogP contribution in [-0.2, 0) is 9.47 Å². The van der Waals surface area contributed by atoms with Crippen molar-refractivity contribution in [3.63, 3.8) is 0 Å². The molecule has 2 nitrogen and oxygen atoms in total. The summed E-state index contributed by atoms with van der Waals surface area (Å²) in [6.07, 6.45) is 8.18. The summed E-state index contributed by atoms with van der Waals surface area (Å²) in [5.74, 6) is 0. The lowest BCUT2D eigenvalue weighted by molar-refractivity contribution is -0.213. The van der Waals surface area contributed by atoms with E-state index in [0.29, 0.717) is 13.2 Å². The van der Waals surface area contributed by atoms with Crippen molar-refractivity contribution in [3.8, 4) is 0 Å². The van der Waals surface area contributed by atoms with Crippen molar-refractivity contribution in [1.82, 2.24) is 0 Å². The molecule has 1 spiro atoms. The van der Waals surface area contributed by atoms with Gasteiger partial charge in [-0.25, -0.2) is 0 Å².